The lowest BCUT2D eigenvalue weighted by molar-refractivity contribution is 0.120. The minimum Gasteiger partial charge on any atom is -0.467 e. The van der Waals surface area contributed by atoms with E-state index in [1.165, 1.54) is 0 Å². The largest absolute Gasteiger partial charge is 0.467 e. The van der Waals surface area contributed by atoms with E-state index in [4.69, 9.17) is 4.42 Å². The van der Waals surface area contributed by atoms with Crippen LogP contribution in [0.15, 0.2) is 22.8 Å². The number of carbonyl (C=O) groups is 1. The molecule has 2 rings (SSSR count). The SMILES string of the molecule is CC(CC(O)c1ccco1)NC1CCN(C(=O)N(C)C)CC1. The highest BCUT2D eigenvalue weighted by Gasteiger charge is 2.25. The van der Waals surface area contributed by atoms with Crippen molar-refractivity contribution in [2.75, 3.05) is 27.2 Å². The van der Waals surface area contributed by atoms with Crippen molar-refractivity contribution in [2.24, 2.45) is 0 Å². The summed E-state index contributed by atoms with van der Waals surface area (Å²) in [6, 6.07) is 4.25. The van der Waals surface area contributed by atoms with Crippen molar-refractivity contribution >= 4 is 6.03 Å². The van der Waals surface area contributed by atoms with E-state index in [-0.39, 0.29) is 12.1 Å². The lowest BCUT2D eigenvalue weighted by atomic mass is 10.0. The van der Waals surface area contributed by atoms with Crippen LogP contribution in [0.25, 0.3) is 0 Å². The Hall–Kier alpha value is -1.53. The third-order valence-electron chi connectivity index (χ3n) is 4.12. The molecule has 6 heteroatoms. The summed E-state index contributed by atoms with van der Waals surface area (Å²) in [6.07, 6.45) is 3.51. The van der Waals surface area contributed by atoms with Crippen molar-refractivity contribution in [3.8, 4) is 0 Å². The number of aliphatic hydroxyl groups excluding tert-OH is 1. The molecule has 124 valence electrons. The van der Waals surface area contributed by atoms with E-state index < -0.39 is 6.10 Å². The minimum absolute atomic E-state index is 0.0831. The number of amides is 2. The van der Waals surface area contributed by atoms with Gasteiger partial charge in [-0.15, -0.1) is 0 Å². The van der Waals surface area contributed by atoms with Crippen LogP contribution in [0.3, 0.4) is 0 Å². The van der Waals surface area contributed by atoms with E-state index in [0.29, 0.717) is 18.2 Å². The number of aliphatic hydroxyl groups is 1. The summed E-state index contributed by atoms with van der Waals surface area (Å²) in [5, 5.41) is 13.6. The molecule has 1 aliphatic rings. The van der Waals surface area contributed by atoms with Crippen LogP contribution < -0.4 is 5.32 Å². The normalized spacial score (nSPS) is 19.0. The maximum Gasteiger partial charge on any atom is 0.319 e. The Labute approximate surface area is 132 Å². The number of nitrogens with zero attached hydrogens (tertiary/aromatic N) is 2. The topological polar surface area (TPSA) is 69.0 Å². The fraction of sp³-hybridized carbons (Fsp3) is 0.688. The molecule has 2 N–H and O–H groups in total. The molecule has 0 aliphatic carbocycles. The highest BCUT2D eigenvalue weighted by molar-refractivity contribution is 5.73. The number of hydrogen-bond acceptors (Lipinski definition) is 4. The van der Waals surface area contributed by atoms with E-state index in [9.17, 15) is 9.90 Å². The van der Waals surface area contributed by atoms with Gasteiger partial charge in [0.05, 0.1) is 6.26 Å². The van der Waals surface area contributed by atoms with Gasteiger partial charge in [-0.3, -0.25) is 0 Å². The molecule has 1 aromatic heterocycles. The van der Waals surface area contributed by atoms with Gasteiger partial charge in [0.25, 0.3) is 0 Å². The number of hydrogen-bond donors (Lipinski definition) is 2. The van der Waals surface area contributed by atoms with Gasteiger partial charge in [0.2, 0.25) is 0 Å². The Kier molecular flexibility index (Phi) is 5.85. The van der Waals surface area contributed by atoms with Gasteiger partial charge in [0.1, 0.15) is 11.9 Å². The highest BCUT2D eigenvalue weighted by atomic mass is 16.4. The van der Waals surface area contributed by atoms with Gasteiger partial charge < -0.3 is 24.6 Å². The van der Waals surface area contributed by atoms with Crippen LogP contribution in [0.2, 0.25) is 0 Å². The molecule has 2 amide bonds. The molecule has 0 radical (unpaired) electrons. The second-order valence-electron chi connectivity index (χ2n) is 6.27. The van der Waals surface area contributed by atoms with Crippen LogP contribution in [-0.4, -0.2) is 60.2 Å². The van der Waals surface area contributed by atoms with E-state index in [0.717, 1.165) is 25.9 Å². The molecule has 1 aliphatic heterocycles. The number of furan rings is 1. The molecule has 2 unspecified atom stereocenters. The average Bonchev–Trinajstić information content (AvgIpc) is 3.01. The zero-order valence-electron chi connectivity index (χ0n) is 13.7. The Balaban J connectivity index is 1.72. The molecule has 1 fully saturated rings. The first kappa shape index (κ1) is 16.8. The highest BCUT2D eigenvalue weighted by Crippen LogP contribution is 2.20. The first-order valence-electron chi connectivity index (χ1n) is 7.91. The van der Waals surface area contributed by atoms with Crippen LogP contribution in [0.4, 0.5) is 4.79 Å². The molecule has 0 spiro atoms. The van der Waals surface area contributed by atoms with Crippen molar-refractivity contribution in [3.63, 3.8) is 0 Å². The predicted octanol–water partition coefficient (Wildman–Crippen LogP) is 1.83. The second kappa shape index (κ2) is 7.65. The Morgan fingerprint density at radius 2 is 2.18 bits per heavy atom. The number of carbonyl (C=O) groups excluding carboxylic acids is 1. The number of piperidine rings is 1. The van der Waals surface area contributed by atoms with Crippen molar-refractivity contribution in [1.29, 1.82) is 0 Å². The van der Waals surface area contributed by atoms with Crippen LogP contribution in [0, 0.1) is 0 Å². The molecule has 0 saturated carbocycles. The molecule has 0 aromatic carbocycles. The molecule has 1 saturated heterocycles. The molecular weight excluding hydrogens is 282 g/mol. The number of likely N-dealkylation sites (tertiary alicyclic amines) is 1. The average molecular weight is 309 g/mol. The summed E-state index contributed by atoms with van der Waals surface area (Å²) < 4.78 is 5.22. The van der Waals surface area contributed by atoms with E-state index in [1.807, 2.05) is 4.90 Å². The lowest BCUT2D eigenvalue weighted by Crippen LogP contribution is -2.49. The number of urea groups is 1. The fourth-order valence-electron chi connectivity index (χ4n) is 2.92. The zero-order chi connectivity index (χ0) is 16.1. The van der Waals surface area contributed by atoms with Crippen molar-refractivity contribution in [3.05, 3.63) is 24.2 Å². The van der Waals surface area contributed by atoms with Crippen LogP contribution in [0.5, 0.6) is 0 Å². The molecule has 22 heavy (non-hydrogen) atoms. The van der Waals surface area contributed by atoms with Crippen molar-refractivity contribution < 1.29 is 14.3 Å². The van der Waals surface area contributed by atoms with Gasteiger partial charge in [-0.25, -0.2) is 4.79 Å². The Morgan fingerprint density at radius 3 is 2.73 bits per heavy atom. The quantitative estimate of drug-likeness (QED) is 0.870. The summed E-state index contributed by atoms with van der Waals surface area (Å²) >= 11 is 0. The molecular formula is C16H27N3O3. The Morgan fingerprint density at radius 1 is 1.50 bits per heavy atom. The van der Waals surface area contributed by atoms with Gasteiger partial charge >= 0.3 is 6.03 Å². The number of rotatable bonds is 5. The monoisotopic (exact) mass is 309 g/mol. The maximum atomic E-state index is 11.9. The summed E-state index contributed by atoms with van der Waals surface area (Å²) in [5.41, 5.74) is 0. The summed E-state index contributed by atoms with van der Waals surface area (Å²) in [6.45, 7) is 3.63. The van der Waals surface area contributed by atoms with E-state index >= 15 is 0 Å². The standard InChI is InChI=1S/C16H27N3O3/c1-12(11-14(20)15-5-4-10-22-15)17-13-6-8-19(9-7-13)16(21)18(2)3/h4-5,10,12-14,17,20H,6-9,11H2,1-3H3. The van der Waals surface area contributed by atoms with Gasteiger partial charge in [0, 0.05) is 39.3 Å². The molecule has 2 atom stereocenters. The minimum atomic E-state index is -0.576. The van der Waals surface area contributed by atoms with Crippen LogP contribution in [-0.2, 0) is 0 Å². The summed E-state index contributed by atoms with van der Waals surface area (Å²) in [4.78, 5) is 15.4. The number of nitrogens with one attached hydrogen (secondary N) is 1. The third-order valence-corrected chi connectivity index (χ3v) is 4.12. The Bertz CT molecular complexity index is 453. The maximum absolute atomic E-state index is 11.9. The van der Waals surface area contributed by atoms with Crippen molar-refractivity contribution in [2.45, 2.75) is 44.4 Å². The molecule has 2 heterocycles. The summed E-state index contributed by atoms with van der Waals surface area (Å²) in [7, 11) is 3.57. The molecule has 6 nitrogen and oxygen atoms in total. The summed E-state index contributed by atoms with van der Waals surface area (Å²) in [5.74, 6) is 0.611. The van der Waals surface area contributed by atoms with Gasteiger partial charge in [0.15, 0.2) is 0 Å². The zero-order valence-corrected chi connectivity index (χ0v) is 13.7. The molecule has 1 aromatic rings. The van der Waals surface area contributed by atoms with Crippen LogP contribution in [0.1, 0.15) is 38.1 Å². The lowest BCUT2D eigenvalue weighted by Gasteiger charge is -2.35. The van der Waals surface area contributed by atoms with Crippen molar-refractivity contribution in [1.82, 2.24) is 15.1 Å². The van der Waals surface area contributed by atoms with Crippen LogP contribution >= 0.6 is 0 Å². The third kappa shape index (κ3) is 4.48. The second-order valence-corrected chi connectivity index (χ2v) is 6.27. The smallest absolute Gasteiger partial charge is 0.319 e. The van der Waals surface area contributed by atoms with Gasteiger partial charge in [-0.1, -0.05) is 0 Å². The molecule has 0 bridgehead atoms. The van der Waals surface area contributed by atoms with Gasteiger partial charge in [-0.2, -0.15) is 0 Å². The first-order valence-corrected chi connectivity index (χ1v) is 7.91. The first-order chi connectivity index (χ1) is 10.5. The van der Waals surface area contributed by atoms with E-state index in [2.05, 4.69) is 12.2 Å². The predicted molar refractivity (Wildman–Crippen MR) is 84.6 cm³/mol. The van der Waals surface area contributed by atoms with Gasteiger partial charge in [-0.05, 0) is 38.3 Å². The fourth-order valence-corrected chi connectivity index (χ4v) is 2.92. The van der Waals surface area contributed by atoms with E-state index in [1.54, 1.807) is 37.4 Å².